The zero-order valence-electron chi connectivity index (χ0n) is 16.6. The first kappa shape index (κ1) is 20.2. The van der Waals surface area contributed by atoms with E-state index in [2.05, 4.69) is 39.9 Å². The normalized spacial score (nSPS) is 10.3. The highest BCUT2D eigenvalue weighted by Crippen LogP contribution is 2.29. The van der Waals surface area contributed by atoms with Gasteiger partial charge in [0.05, 0.1) is 19.8 Å². The minimum Gasteiger partial charge on any atom is -0.493 e. The summed E-state index contributed by atoms with van der Waals surface area (Å²) in [5, 5.41) is 6.12. The number of amides is 1. The Balaban J connectivity index is 1.51. The van der Waals surface area contributed by atoms with Gasteiger partial charge in [-0.25, -0.2) is 4.98 Å². The second-order valence-electron chi connectivity index (χ2n) is 6.47. The highest BCUT2D eigenvalue weighted by Gasteiger charge is 2.10. The SMILES string of the molecule is COc1ccc(NC(=O)c2ccc(NCCCc3ccccc3)nc2)cc1OC. The lowest BCUT2D eigenvalue weighted by Crippen LogP contribution is -2.13. The summed E-state index contributed by atoms with van der Waals surface area (Å²) >= 11 is 0. The number of aromatic nitrogens is 1. The van der Waals surface area contributed by atoms with Crippen molar-refractivity contribution in [3.8, 4) is 11.5 Å². The van der Waals surface area contributed by atoms with E-state index in [-0.39, 0.29) is 5.91 Å². The summed E-state index contributed by atoms with van der Waals surface area (Å²) in [5.74, 6) is 1.68. The summed E-state index contributed by atoms with van der Waals surface area (Å²) in [6.45, 7) is 0.819. The van der Waals surface area contributed by atoms with E-state index in [4.69, 9.17) is 9.47 Å². The van der Waals surface area contributed by atoms with E-state index in [0.717, 1.165) is 25.2 Å². The van der Waals surface area contributed by atoms with Crippen LogP contribution in [0.4, 0.5) is 11.5 Å². The Morgan fingerprint density at radius 3 is 2.45 bits per heavy atom. The van der Waals surface area contributed by atoms with Crippen molar-refractivity contribution < 1.29 is 14.3 Å². The van der Waals surface area contributed by atoms with Crippen molar-refractivity contribution in [1.82, 2.24) is 4.98 Å². The molecule has 6 nitrogen and oxygen atoms in total. The summed E-state index contributed by atoms with van der Waals surface area (Å²) < 4.78 is 10.5. The number of pyridine rings is 1. The molecule has 6 heteroatoms. The number of ether oxygens (including phenoxy) is 2. The Bertz CT molecular complexity index is 928. The molecule has 3 rings (SSSR count). The van der Waals surface area contributed by atoms with Gasteiger partial charge in [-0.3, -0.25) is 4.79 Å². The second kappa shape index (κ2) is 10.1. The van der Waals surface area contributed by atoms with E-state index in [0.29, 0.717) is 22.7 Å². The quantitative estimate of drug-likeness (QED) is 0.529. The second-order valence-corrected chi connectivity index (χ2v) is 6.47. The molecule has 1 amide bonds. The van der Waals surface area contributed by atoms with Crippen LogP contribution in [0.1, 0.15) is 22.3 Å². The van der Waals surface area contributed by atoms with Crippen molar-refractivity contribution in [1.29, 1.82) is 0 Å². The van der Waals surface area contributed by atoms with Crippen LogP contribution in [0.25, 0.3) is 0 Å². The van der Waals surface area contributed by atoms with Gasteiger partial charge in [-0.05, 0) is 42.7 Å². The highest BCUT2D eigenvalue weighted by atomic mass is 16.5. The van der Waals surface area contributed by atoms with Crippen LogP contribution in [-0.4, -0.2) is 31.7 Å². The Labute approximate surface area is 170 Å². The summed E-state index contributed by atoms with van der Waals surface area (Å²) in [7, 11) is 3.12. The molecule has 2 N–H and O–H groups in total. The van der Waals surface area contributed by atoms with Gasteiger partial charge in [0.2, 0.25) is 0 Å². The third-order valence-corrected chi connectivity index (χ3v) is 4.46. The molecule has 1 aromatic heterocycles. The average molecular weight is 391 g/mol. The van der Waals surface area contributed by atoms with Crippen LogP contribution in [0.3, 0.4) is 0 Å². The molecule has 0 unspecified atom stereocenters. The van der Waals surface area contributed by atoms with Gasteiger partial charge in [-0.1, -0.05) is 30.3 Å². The number of carbonyl (C=O) groups excluding carboxylic acids is 1. The fraction of sp³-hybridized carbons (Fsp3) is 0.217. The predicted molar refractivity (Wildman–Crippen MR) is 115 cm³/mol. The standard InChI is InChI=1S/C23H25N3O3/c1-28-20-12-11-19(15-21(20)29-2)26-23(27)18-10-13-22(25-16-18)24-14-6-9-17-7-4-3-5-8-17/h3-5,7-8,10-13,15-16H,6,9,14H2,1-2H3,(H,24,25)(H,26,27). The number of hydrogen-bond donors (Lipinski definition) is 2. The Hall–Kier alpha value is -3.54. The lowest BCUT2D eigenvalue weighted by molar-refractivity contribution is 0.102. The van der Waals surface area contributed by atoms with Gasteiger partial charge in [0.15, 0.2) is 11.5 Å². The van der Waals surface area contributed by atoms with Crippen LogP contribution >= 0.6 is 0 Å². The number of nitrogens with one attached hydrogen (secondary N) is 2. The summed E-state index contributed by atoms with van der Waals surface area (Å²) in [6, 6.07) is 19.2. The molecule has 0 saturated carbocycles. The van der Waals surface area contributed by atoms with Gasteiger partial charge < -0.3 is 20.1 Å². The molecular formula is C23H25N3O3. The highest BCUT2D eigenvalue weighted by molar-refractivity contribution is 6.04. The lowest BCUT2D eigenvalue weighted by atomic mass is 10.1. The number of nitrogens with zero attached hydrogens (tertiary/aromatic N) is 1. The number of carbonyl (C=O) groups is 1. The van der Waals surface area contributed by atoms with Crippen molar-refractivity contribution in [2.45, 2.75) is 12.8 Å². The molecule has 0 aliphatic heterocycles. The van der Waals surface area contributed by atoms with Gasteiger partial charge in [-0.15, -0.1) is 0 Å². The maximum Gasteiger partial charge on any atom is 0.257 e. The number of methoxy groups -OCH3 is 2. The van der Waals surface area contributed by atoms with E-state index in [1.54, 1.807) is 44.7 Å². The van der Waals surface area contributed by atoms with E-state index in [1.165, 1.54) is 5.56 Å². The van der Waals surface area contributed by atoms with Crippen LogP contribution in [0.15, 0.2) is 66.9 Å². The van der Waals surface area contributed by atoms with Gasteiger partial charge in [0.25, 0.3) is 5.91 Å². The third kappa shape index (κ3) is 5.72. The topological polar surface area (TPSA) is 72.5 Å². The fourth-order valence-corrected chi connectivity index (χ4v) is 2.90. The maximum atomic E-state index is 12.5. The molecule has 0 radical (unpaired) electrons. The monoisotopic (exact) mass is 391 g/mol. The molecule has 2 aromatic carbocycles. The minimum atomic E-state index is -0.236. The number of benzene rings is 2. The van der Waals surface area contributed by atoms with Crippen LogP contribution in [0.5, 0.6) is 11.5 Å². The zero-order chi connectivity index (χ0) is 20.5. The Kier molecular flexibility index (Phi) is 7.05. The van der Waals surface area contributed by atoms with Gasteiger partial charge in [0, 0.05) is 24.5 Å². The number of hydrogen-bond acceptors (Lipinski definition) is 5. The van der Waals surface area contributed by atoms with Crippen LogP contribution < -0.4 is 20.1 Å². The van der Waals surface area contributed by atoms with Crippen molar-refractivity contribution in [3.05, 3.63) is 78.0 Å². The molecule has 0 atom stereocenters. The average Bonchev–Trinajstić information content (AvgIpc) is 2.77. The van der Waals surface area contributed by atoms with Gasteiger partial charge in [0.1, 0.15) is 5.82 Å². The Morgan fingerprint density at radius 2 is 1.76 bits per heavy atom. The molecule has 1 heterocycles. The maximum absolute atomic E-state index is 12.5. The number of rotatable bonds is 9. The molecule has 0 aliphatic carbocycles. The molecule has 29 heavy (non-hydrogen) atoms. The molecule has 150 valence electrons. The first-order valence-corrected chi connectivity index (χ1v) is 9.47. The minimum absolute atomic E-state index is 0.236. The van der Waals surface area contributed by atoms with E-state index in [1.807, 2.05) is 12.1 Å². The van der Waals surface area contributed by atoms with E-state index >= 15 is 0 Å². The first-order chi connectivity index (χ1) is 14.2. The summed E-state index contributed by atoms with van der Waals surface area (Å²) in [4.78, 5) is 16.8. The van der Waals surface area contributed by atoms with E-state index < -0.39 is 0 Å². The fourth-order valence-electron chi connectivity index (χ4n) is 2.90. The molecule has 3 aromatic rings. The molecule has 0 bridgehead atoms. The largest absolute Gasteiger partial charge is 0.493 e. The summed E-state index contributed by atoms with van der Waals surface area (Å²) in [5.41, 5.74) is 2.43. The van der Waals surface area contributed by atoms with Crippen molar-refractivity contribution >= 4 is 17.4 Å². The smallest absolute Gasteiger partial charge is 0.257 e. The van der Waals surface area contributed by atoms with Crippen molar-refractivity contribution in [3.63, 3.8) is 0 Å². The van der Waals surface area contributed by atoms with Crippen LogP contribution in [0, 0.1) is 0 Å². The predicted octanol–water partition coefficient (Wildman–Crippen LogP) is 4.40. The van der Waals surface area contributed by atoms with E-state index in [9.17, 15) is 4.79 Å². The van der Waals surface area contributed by atoms with Crippen molar-refractivity contribution in [2.75, 3.05) is 31.4 Å². The molecular weight excluding hydrogens is 366 g/mol. The summed E-state index contributed by atoms with van der Waals surface area (Å²) in [6.07, 6.45) is 3.59. The van der Waals surface area contributed by atoms with Gasteiger partial charge in [-0.2, -0.15) is 0 Å². The van der Waals surface area contributed by atoms with Crippen LogP contribution in [-0.2, 0) is 6.42 Å². The van der Waals surface area contributed by atoms with Gasteiger partial charge >= 0.3 is 0 Å². The third-order valence-electron chi connectivity index (χ3n) is 4.46. The number of aryl methyl sites for hydroxylation is 1. The molecule has 0 aliphatic rings. The molecule has 0 saturated heterocycles. The Morgan fingerprint density at radius 1 is 0.966 bits per heavy atom. The van der Waals surface area contributed by atoms with Crippen LogP contribution in [0.2, 0.25) is 0 Å². The number of anilines is 2. The van der Waals surface area contributed by atoms with Crippen molar-refractivity contribution in [2.24, 2.45) is 0 Å². The molecule has 0 spiro atoms. The zero-order valence-corrected chi connectivity index (χ0v) is 16.6. The molecule has 0 fully saturated rings. The lowest BCUT2D eigenvalue weighted by Gasteiger charge is -2.11. The first-order valence-electron chi connectivity index (χ1n) is 9.47.